The molecule has 0 fully saturated rings. The van der Waals surface area contributed by atoms with Crippen molar-refractivity contribution >= 4 is 5.97 Å². The first kappa shape index (κ1) is 25.7. The molecule has 0 aliphatic carbocycles. The van der Waals surface area contributed by atoms with E-state index in [4.69, 9.17) is 9.47 Å². The van der Waals surface area contributed by atoms with Crippen molar-refractivity contribution in [3.63, 3.8) is 0 Å². The van der Waals surface area contributed by atoms with E-state index in [0.717, 1.165) is 6.07 Å². The Labute approximate surface area is 212 Å². The summed E-state index contributed by atoms with van der Waals surface area (Å²) in [5, 5.41) is 9.61. The van der Waals surface area contributed by atoms with Crippen molar-refractivity contribution < 1.29 is 32.5 Å². The molecule has 0 aliphatic heterocycles. The minimum atomic E-state index is -1.33. The third kappa shape index (κ3) is 5.73. The van der Waals surface area contributed by atoms with Crippen LogP contribution in [0.1, 0.15) is 28.9 Å². The fourth-order valence-corrected chi connectivity index (χ4v) is 3.69. The van der Waals surface area contributed by atoms with Gasteiger partial charge in [-0.05, 0) is 59.5 Å². The summed E-state index contributed by atoms with van der Waals surface area (Å²) in [6, 6.07) is 19.5. The number of carbonyl (C=O) groups is 1. The number of aliphatic hydroxyl groups is 1. The first-order valence-corrected chi connectivity index (χ1v) is 11.4. The summed E-state index contributed by atoms with van der Waals surface area (Å²) in [6.45, 7) is 5.30. The van der Waals surface area contributed by atoms with Gasteiger partial charge in [-0.3, -0.25) is 0 Å². The molecular formula is C30H23F3O4. The van der Waals surface area contributed by atoms with Gasteiger partial charge in [-0.15, -0.1) is 0 Å². The second-order valence-electron chi connectivity index (χ2n) is 8.25. The predicted octanol–water partition coefficient (Wildman–Crippen LogP) is 7.28. The zero-order valence-corrected chi connectivity index (χ0v) is 19.9. The normalized spacial score (nSPS) is 11.6. The van der Waals surface area contributed by atoms with E-state index in [2.05, 4.69) is 6.58 Å². The number of rotatable bonds is 8. The van der Waals surface area contributed by atoms with Crippen molar-refractivity contribution in [2.24, 2.45) is 0 Å². The van der Waals surface area contributed by atoms with E-state index < -0.39 is 35.1 Å². The Hall–Kier alpha value is -4.36. The number of aliphatic hydroxyl groups excluding tert-OH is 1. The molecule has 0 saturated carbocycles. The zero-order valence-electron chi connectivity index (χ0n) is 19.9. The molecule has 0 radical (unpaired) electrons. The Bertz CT molecular complexity index is 1430. The SMILES string of the molecule is C=CCOc1ccc(-c2ccc(OC(=O)c3ccc(-c4ccc(C(C)O)cc4)c(F)c3F)cc2)cc1F. The summed E-state index contributed by atoms with van der Waals surface area (Å²) >= 11 is 0. The van der Waals surface area contributed by atoms with Gasteiger partial charge in [-0.25, -0.2) is 18.0 Å². The Morgan fingerprint density at radius 1 is 0.892 bits per heavy atom. The van der Waals surface area contributed by atoms with Crippen LogP contribution in [0.4, 0.5) is 13.2 Å². The lowest BCUT2D eigenvalue weighted by molar-refractivity contribution is 0.0728. The third-order valence-corrected chi connectivity index (χ3v) is 5.69. The van der Waals surface area contributed by atoms with Gasteiger partial charge in [0.1, 0.15) is 12.4 Å². The van der Waals surface area contributed by atoms with Crippen LogP contribution < -0.4 is 9.47 Å². The van der Waals surface area contributed by atoms with Crippen LogP contribution in [0, 0.1) is 17.5 Å². The largest absolute Gasteiger partial charge is 0.486 e. The second-order valence-corrected chi connectivity index (χ2v) is 8.25. The Morgan fingerprint density at radius 3 is 2.16 bits per heavy atom. The van der Waals surface area contributed by atoms with Crippen LogP contribution in [0.3, 0.4) is 0 Å². The summed E-state index contributed by atoms with van der Waals surface area (Å²) in [5.41, 5.74) is 1.68. The average molecular weight is 505 g/mol. The van der Waals surface area contributed by atoms with Crippen LogP contribution in [0.2, 0.25) is 0 Å². The molecule has 37 heavy (non-hydrogen) atoms. The molecule has 1 N–H and O–H groups in total. The minimum Gasteiger partial charge on any atom is -0.486 e. The molecular weight excluding hydrogens is 481 g/mol. The van der Waals surface area contributed by atoms with Crippen LogP contribution in [0.5, 0.6) is 11.5 Å². The maximum Gasteiger partial charge on any atom is 0.346 e. The minimum absolute atomic E-state index is 0.0244. The lowest BCUT2D eigenvalue weighted by Crippen LogP contribution is -2.12. The Balaban J connectivity index is 1.49. The first-order chi connectivity index (χ1) is 17.8. The number of benzene rings is 4. The van der Waals surface area contributed by atoms with Gasteiger partial charge in [0.15, 0.2) is 23.2 Å². The zero-order chi connectivity index (χ0) is 26.5. The average Bonchev–Trinajstić information content (AvgIpc) is 2.90. The lowest BCUT2D eigenvalue weighted by atomic mass is 10.00. The summed E-state index contributed by atoms with van der Waals surface area (Å²) in [4.78, 5) is 12.6. The fourth-order valence-electron chi connectivity index (χ4n) is 3.69. The van der Waals surface area contributed by atoms with E-state index in [9.17, 15) is 23.1 Å². The third-order valence-electron chi connectivity index (χ3n) is 5.69. The molecule has 0 heterocycles. The summed E-state index contributed by atoms with van der Waals surface area (Å²) < 4.78 is 54.3. The molecule has 0 aliphatic rings. The maximum absolute atomic E-state index is 14.8. The van der Waals surface area contributed by atoms with Gasteiger partial charge in [0, 0.05) is 5.56 Å². The number of hydrogen-bond donors (Lipinski definition) is 1. The molecule has 0 spiro atoms. The molecule has 1 unspecified atom stereocenters. The van der Waals surface area contributed by atoms with Crippen LogP contribution in [-0.2, 0) is 0 Å². The van der Waals surface area contributed by atoms with Crippen molar-refractivity contribution in [2.45, 2.75) is 13.0 Å². The molecule has 7 heteroatoms. The molecule has 188 valence electrons. The molecule has 1 atom stereocenters. The Kier molecular flexibility index (Phi) is 7.74. The first-order valence-electron chi connectivity index (χ1n) is 11.4. The topological polar surface area (TPSA) is 55.8 Å². The van der Waals surface area contributed by atoms with Gasteiger partial charge < -0.3 is 14.6 Å². The molecule has 0 saturated heterocycles. The Morgan fingerprint density at radius 2 is 1.54 bits per heavy atom. The van der Waals surface area contributed by atoms with E-state index in [-0.39, 0.29) is 23.7 Å². The summed E-state index contributed by atoms with van der Waals surface area (Å²) in [6.07, 6.45) is 0.824. The van der Waals surface area contributed by atoms with Crippen LogP contribution in [-0.4, -0.2) is 17.7 Å². The van der Waals surface area contributed by atoms with Gasteiger partial charge in [0.2, 0.25) is 0 Å². The van der Waals surface area contributed by atoms with Crippen LogP contribution in [0.15, 0.2) is 91.5 Å². The molecule has 0 bridgehead atoms. The fraction of sp³-hybridized carbons (Fsp3) is 0.100. The van der Waals surface area contributed by atoms with Crippen LogP contribution >= 0.6 is 0 Å². The van der Waals surface area contributed by atoms with Crippen molar-refractivity contribution in [3.8, 4) is 33.8 Å². The van der Waals surface area contributed by atoms with E-state index in [1.165, 1.54) is 36.4 Å². The summed E-state index contributed by atoms with van der Waals surface area (Å²) in [7, 11) is 0. The van der Waals surface area contributed by atoms with Crippen LogP contribution in [0.25, 0.3) is 22.3 Å². The number of halogens is 3. The highest BCUT2D eigenvalue weighted by atomic mass is 19.2. The smallest absolute Gasteiger partial charge is 0.346 e. The molecule has 4 nitrogen and oxygen atoms in total. The monoisotopic (exact) mass is 504 g/mol. The highest BCUT2D eigenvalue weighted by molar-refractivity contribution is 5.92. The van der Waals surface area contributed by atoms with E-state index in [1.807, 2.05) is 0 Å². The van der Waals surface area contributed by atoms with Gasteiger partial charge in [-0.2, -0.15) is 0 Å². The predicted molar refractivity (Wildman–Crippen MR) is 135 cm³/mol. The van der Waals surface area contributed by atoms with Gasteiger partial charge in [0.25, 0.3) is 0 Å². The van der Waals surface area contributed by atoms with E-state index in [0.29, 0.717) is 22.3 Å². The van der Waals surface area contributed by atoms with Gasteiger partial charge in [-0.1, -0.05) is 61.2 Å². The molecule has 4 aromatic rings. The van der Waals surface area contributed by atoms with E-state index in [1.54, 1.807) is 49.4 Å². The standard InChI is InChI=1S/C30H23F3O4/c1-3-16-36-27-15-10-22(17-26(27)31)20-8-11-23(12-9-20)37-30(35)25-14-13-24(28(32)29(25)33)21-6-4-19(5-7-21)18(2)34/h3-15,17-18,34H,1,16H2,2H3. The lowest BCUT2D eigenvalue weighted by Gasteiger charge is -2.11. The number of carbonyl (C=O) groups excluding carboxylic acids is 1. The molecule has 4 rings (SSSR count). The number of hydrogen-bond acceptors (Lipinski definition) is 4. The number of esters is 1. The van der Waals surface area contributed by atoms with Crippen molar-refractivity contribution in [3.05, 3.63) is 120 Å². The summed E-state index contributed by atoms with van der Waals surface area (Å²) in [5.74, 6) is -3.89. The number of ether oxygens (including phenoxy) is 2. The van der Waals surface area contributed by atoms with E-state index >= 15 is 0 Å². The maximum atomic E-state index is 14.8. The molecule has 0 amide bonds. The molecule has 4 aromatic carbocycles. The second kappa shape index (κ2) is 11.1. The highest BCUT2D eigenvalue weighted by Crippen LogP contribution is 2.30. The van der Waals surface area contributed by atoms with Crippen molar-refractivity contribution in [1.82, 2.24) is 0 Å². The quantitative estimate of drug-likeness (QED) is 0.156. The van der Waals surface area contributed by atoms with Crippen molar-refractivity contribution in [1.29, 1.82) is 0 Å². The molecule has 0 aromatic heterocycles. The van der Waals surface area contributed by atoms with Gasteiger partial charge >= 0.3 is 5.97 Å². The van der Waals surface area contributed by atoms with Gasteiger partial charge in [0.05, 0.1) is 11.7 Å². The highest BCUT2D eigenvalue weighted by Gasteiger charge is 2.21. The van der Waals surface area contributed by atoms with Crippen molar-refractivity contribution in [2.75, 3.05) is 6.61 Å².